The van der Waals surface area contributed by atoms with Crippen LogP contribution in [0, 0.1) is 0 Å². The predicted octanol–water partition coefficient (Wildman–Crippen LogP) is 16.4. The molecule has 0 aliphatic carbocycles. The predicted molar refractivity (Wildman–Crippen MR) is 231 cm³/mol. The first kappa shape index (κ1) is 47.4. The molecular weight excluding hydrogens is 671 g/mol. The highest BCUT2D eigenvalue weighted by atomic mass is 31.2. The first-order chi connectivity index (χ1) is 26.0. The van der Waals surface area contributed by atoms with E-state index in [-0.39, 0.29) is 0 Å². The van der Waals surface area contributed by atoms with Crippen LogP contribution in [0.2, 0.25) is 0 Å². The molecule has 0 bridgehead atoms. The molecule has 4 nitrogen and oxygen atoms in total. The third-order valence-corrected chi connectivity index (χ3v) is 11.9. The van der Waals surface area contributed by atoms with Crippen molar-refractivity contribution < 1.29 is 18.5 Å². The zero-order valence-electron chi connectivity index (χ0n) is 35.2. The molecule has 0 saturated heterocycles. The monoisotopic (exact) mass is 755 g/mol. The maximum absolute atomic E-state index is 13.9. The van der Waals surface area contributed by atoms with Gasteiger partial charge in [-0.1, -0.05) is 206 Å². The van der Waals surface area contributed by atoms with Gasteiger partial charge in [0.2, 0.25) is 0 Å². The van der Waals surface area contributed by atoms with E-state index < -0.39 is 7.82 Å². The van der Waals surface area contributed by atoms with Crippen molar-refractivity contribution in [2.75, 3.05) is 0 Å². The Morgan fingerprint density at radius 1 is 0.396 bits per heavy atom. The molecule has 304 valence electrons. The number of hydrogen-bond acceptors (Lipinski definition) is 3. The Bertz CT molecular complexity index is 1120. The third-order valence-electron chi connectivity index (χ3n) is 11.0. The zero-order chi connectivity index (χ0) is 38.2. The largest absolute Gasteiger partial charge is 0.584 e. The van der Waals surface area contributed by atoms with Crippen LogP contribution in [0.4, 0.5) is 0 Å². The molecule has 0 atom stereocenters. The highest BCUT2D eigenvalue weighted by Gasteiger charge is 2.28. The molecule has 0 radical (unpaired) electrons. The summed E-state index contributed by atoms with van der Waals surface area (Å²) in [6, 6.07) is 12.2. The van der Waals surface area contributed by atoms with Gasteiger partial charge in [0.1, 0.15) is 11.5 Å². The summed E-state index contributed by atoms with van der Waals surface area (Å²) >= 11 is 0. The number of phosphoric ester groups is 1. The van der Waals surface area contributed by atoms with Crippen LogP contribution in [0.25, 0.3) is 0 Å². The minimum atomic E-state index is -4.44. The van der Waals surface area contributed by atoms with E-state index in [1.165, 1.54) is 165 Å². The molecule has 0 aliphatic rings. The van der Waals surface area contributed by atoms with Gasteiger partial charge in [-0.2, -0.15) is 0 Å². The van der Waals surface area contributed by atoms with Crippen LogP contribution in [0.1, 0.15) is 230 Å². The summed E-state index contributed by atoms with van der Waals surface area (Å²) in [4.78, 5) is 11.4. The lowest BCUT2D eigenvalue weighted by Gasteiger charge is -2.21. The van der Waals surface area contributed by atoms with E-state index in [4.69, 9.17) is 9.05 Å². The second-order valence-corrected chi connectivity index (χ2v) is 17.2. The van der Waals surface area contributed by atoms with E-state index in [1.54, 1.807) is 0 Å². The lowest BCUT2D eigenvalue weighted by Crippen LogP contribution is -2.07. The smallest absolute Gasteiger partial charge is 0.395 e. The van der Waals surface area contributed by atoms with Crippen molar-refractivity contribution in [3.63, 3.8) is 0 Å². The standard InChI is InChI=1S/C48H83O4P/c1-5-9-13-17-21-25-29-35-43-37-33-41-47(45(43)39-31-27-23-19-15-11-7-3)51-53(49,50)52-48-42-34-38-44(36-30-26-22-18-14-10-6-2)46(48)40-32-28-24-20-16-12-8-4/h33-34,37-38,41-42H,5-32,35-36,39-40H2,1-4H3,(H,49,50). The Labute approximate surface area is 328 Å². The van der Waals surface area contributed by atoms with Gasteiger partial charge in [0.05, 0.1) is 0 Å². The van der Waals surface area contributed by atoms with Crippen LogP contribution >= 0.6 is 7.82 Å². The van der Waals surface area contributed by atoms with Gasteiger partial charge in [-0.15, -0.1) is 0 Å². The highest BCUT2D eigenvalue weighted by molar-refractivity contribution is 7.48. The molecule has 0 fully saturated rings. The van der Waals surface area contributed by atoms with Crippen LogP contribution in [0.15, 0.2) is 36.4 Å². The van der Waals surface area contributed by atoms with E-state index >= 15 is 0 Å². The van der Waals surface area contributed by atoms with Gasteiger partial charge >= 0.3 is 7.82 Å². The van der Waals surface area contributed by atoms with Gasteiger partial charge < -0.3 is 9.05 Å². The minimum Gasteiger partial charge on any atom is -0.395 e. The number of aryl methyl sites for hydroxylation is 2. The normalized spacial score (nSPS) is 11.7. The molecule has 0 aromatic heterocycles. The lowest BCUT2D eigenvalue weighted by atomic mass is 9.95. The number of rotatable bonds is 36. The van der Waals surface area contributed by atoms with Crippen LogP contribution in [-0.4, -0.2) is 4.89 Å². The van der Waals surface area contributed by atoms with Gasteiger partial charge in [0.25, 0.3) is 0 Å². The second-order valence-electron chi connectivity index (χ2n) is 15.9. The summed E-state index contributed by atoms with van der Waals surface area (Å²) in [6.45, 7) is 9.06. The van der Waals surface area contributed by atoms with E-state index in [0.717, 1.165) is 62.5 Å². The summed E-state index contributed by atoms with van der Waals surface area (Å²) < 4.78 is 26.1. The van der Waals surface area contributed by atoms with Gasteiger partial charge in [-0.05, 0) is 85.8 Å². The Balaban J connectivity index is 2.19. The van der Waals surface area contributed by atoms with Crippen molar-refractivity contribution in [3.05, 3.63) is 58.7 Å². The fourth-order valence-electron chi connectivity index (χ4n) is 7.76. The highest BCUT2D eigenvalue weighted by Crippen LogP contribution is 2.47. The first-order valence-electron chi connectivity index (χ1n) is 22.9. The van der Waals surface area contributed by atoms with Crippen LogP contribution in [0.5, 0.6) is 11.5 Å². The van der Waals surface area contributed by atoms with E-state index in [2.05, 4.69) is 39.8 Å². The number of phosphoric acid groups is 1. The minimum absolute atomic E-state index is 0.523. The molecule has 0 saturated carbocycles. The Morgan fingerprint density at radius 3 is 0.962 bits per heavy atom. The van der Waals surface area contributed by atoms with E-state index in [0.29, 0.717) is 11.5 Å². The summed E-state index contributed by atoms with van der Waals surface area (Å²) in [5.41, 5.74) is 4.72. The second kappa shape index (κ2) is 31.4. The SMILES string of the molecule is CCCCCCCCCc1cccc(OP(=O)(O)Oc2cccc(CCCCCCCCC)c2CCCCCCCCC)c1CCCCCCCCC. The topological polar surface area (TPSA) is 55.8 Å². The average Bonchev–Trinajstić information content (AvgIpc) is 3.14. The Morgan fingerprint density at radius 2 is 0.660 bits per heavy atom. The van der Waals surface area contributed by atoms with Crippen molar-refractivity contribution in [3.8, 4) is 11.5 Å². The van der Waals surface area contributed by atoms with Gasteiger partial charge in [-0.3, -0.25) is 4.89 Å². The van der Waals surface area contributed by atoms with Crippen molar-refractivity contribution in [1.29, 1.82) is 0 Å². The molecule has 2 rings (SSSR count). The van der Waals surface area contributed by atoms with Crippen molar-refractivity contribution in [2.24, 2.45) is 0 Å². The lowest BCUT2D eigenvalue weighted by molar-refractivity contribution is 0.288. The van der Waals surface area contributed by atoms with Gasteiger partial charge in [0.15, 0.2) is 0 Å². The maximum Gasteiger partial charge on any atom is 0.584 e. The van der Waals surface area contributed by atoms with E-state index in [9.17, 15) is 9.46 Å². The van der Waals surface area contributed by atoms with E-state index in [1.807, 2.05) is 24.3 Å². The summed E-state index contributed by atoms with van der Waals surface area (Å²) in [7, 11) is -4.44. The van der Waals surface area contributed by atoms with Crippen LogP contribution < -0.4 is 9.05 Å². The molecular formula is C48H83O4P. The third kappa shape index (κ3) is 22.4. The van der Waals surface area contributed by atoms with Gasteiger partial charge in [0, 0.05) is 0 Å². The molecule has 0 amide bonds. The fraction of sp³-hybridized carbons (Fsp3) is 0.750. The summed E-state index contributed by atoms with van der Waals surface area (Å²) in [5.74, 6) is 1.05. The summed E-state index contributed by atoms with van der Waals surface area (Å²) in [6.07, 6.45) is 38.8. The maximum atomic E-state index is 13.9. The quantitative estimate of drug-likeness (QED) is 0.0556. The van der Waals surface area contributed by atoms with Crippen molar-refractivity contribution >= 4 is 7.82 Å². The molecule has 0 unspecified atom stereocenters. The summed E-state index contributed by atoms with van der Waals surface area (Å²) in [5, 5.41) is 0. The van der Waals surface area contributed by atoms with Gasteiger partial charge in [-0.25, -0.2) is 4.57 Å². The van der Waals surface area contributed by atoms with Crippen LogP contribution in [-0.2, 0) is 30.2 Å². The Hall–Kier alpha value is -1.77. The molecule has 0 spiro atoms. The number of unbranched alkanes of at least 4 members (excludes halogenated alkanes) is 24. The average molecular weight is 755 g/mol. The van der Waals surface area contributed by atoms with Crippen molar-refractivity contribution in [2.45, 2.75) is 233 Å². The molecule has 0 aliphatic heterocycles. The molecule has 2 aromatic rings. The van der Waals surface area contributed by atoms with Crippen molar-refractivity contribution in [1.82, 2.24) is 0 Å². The zero-order valence-corrected chi connectivity index (χ0v) is 36.1. The first-order valence-corrected chi connectivity index (χ1v) is 24.4. The molecule has 5 heteroatoms. The molecule has 53 heavy (non-hydrogen) atoms. The Kier molecular flexibility index (Phi) is 28.1. The molecule has 2 aromatic carbocycles. The van der Waals surface area contributed by atoms with Crippen LogP contribution in [0.3, 0.4) is 0 Å². The fourth-order valence-corrected chi connectivity index (χ4v) is 8.64. The molecule has 1 N–H and O–H groups in total. The number of benzene rings is 2. The number of hydrogen-bond donors (Lipinski definition) is 1. The molecule has 0 heterocycles.